The molecule has 1 saturated heterocycles. The van der Waals surface area contributed by atoms with Crippen LogP contribution in [0.4, 0.5) is 0 Å². The third-order valence-corrected chi connectivity index (χ3v) is 4.79. The van der Waals surface area contributed by atoms with E-state index in [1.165, 1.54) is 28.7 Å². The molecule has 0 saturated carbocycles. The SMILES string of the molecule is CCN1CC(N)CC(Cc2csc(Br)c2)C1. The number of piperidine rings is 1. The maximum absolute atomic E-state index is 6.10. The highest BCUT2D eigenvalue weighted by atomic mass is 79.9. The van der Waals surface area contributed by atoms with E-state index in [2.05, 4.69) is 39.2 Å². The van der Waals surface area contributed by atoms with Crippen molar-refractivity contribution >= 4 is 27.3 Å². The Bertz CT molecular complexity index is 340. The normalized spacial score (nSPS) is 27.2. The second-order valence-electron chi connectivity index (χ2n) is 4.68. The molecule has 0 radical (unpaired) electrons. The lowest BCUT2D eigenvalue weighted by Crippen LogP contribution is -2.47. The van der Waals surface area contributed by atoms with E-state index in [0.29, 0.717) is 6.04 Å². The predicted octanol–water partition coefficient (Wildman–Crippen LogP) is 2.72. The molecule has 2 rings (SSSR count). The van der Waals surface area contributed by atoms with Gasteiger partial charge in [-0.2, -0.15) is 0 Å². The molecule has 2 N–H and O–H groups in total. The van der Waals surface area contributed by atoms with Crippen molar-refractivity contribution in [1.29, 1.82) is 0 Å². The van der Waals surface area contributed by atoms with Gasteiger partial charge in [0.25, 0.3) is 0 Å². The summed E-state index contributed by atoms with van der Waals surface area (Å²) >= 11 is 5.29. The molecule has 0 spiro atoms. The van der Waals surface area contributed by atoms with Crippen LogP contribution in [0, 0.1) is 5.92 Å². The maximum Gasteiger partial charge on any atom is 0.0701 e. The lowest BCUT2D eigenvalue weighted by molar-refractivity contribution is 0.163. The van der Waals surface area contributed by atoms with E-state index in [-0.39, 0.29) is 0 Å². The van der Waals surface area contributed by atoms with E-state index < -0.39 is 0 Å². The summed E-state index contributed by atoms with van der Waals surface area (Å²) in [5.74, 6) is 0.727. The molecule has 2 nitrogen and oxygen atoms in total. The summed E-state index contributed by atoms with van der Waals surface area (Å²) in [6.07, 6.45) is 2.34. The van der Waals surface area contributed by atoms with Crippen LogP contribution in [0.3, 0.4) is 0 Å². The summed E-state index contributed by atoms with van der Waals surface area (Å²) in [6.45, 7) is 5.62. The van der Waals surface area contributed by atoms with Gasteiger partial charge < -0.3 is 10.6 Å². The van der Waals surface area contributed by atoms with Gasteiger partial charge in [-0.1, -0.05) is 6.92 Å². The Labute approximate surface area is 110 Å². The van der Waals surface area contributed by atoms with E-state index in [0.717, 1.165) is 19.0 Å². The molecule has 16 heavy (non-hydrogen) atoms. The van der Waals surface area contributed by atoms with Crippen LogP contribution in [-0.4, -0.2) is 30.6 Å². The molecule has 0 bridgehead atoms. The van der Waals surface area contributed by atoms with Crippen LogP contribution < -0.4 is 5.73 Å². The highest BCUT2D eigenvalue weighted by Gasteiger charge is 2.24. The summed E-state index contributed by atoms with van der Waals surface area (Å²) in [7, 11) is 0. The molecule has 2 heterocycles. The third-order valence-electron chi connectivity index (χ3n) is 3.24. The minimum atomic E-state index is 0.362. The van der Waals surface area contributed by atoms with Crippen molar-refractivity contribution in [3.8, 4) is 0 Å². The second-order valence-corrected chi connectivity index (χ2v) is 6.97. The van der Waals surface area contributed by atoms with Crippen molar-refractivity contribution < 1.29 is 0 Å². The number of nitrogens with two attached hydrogens (primary N) is 1. The summed E-state index contributed by atoms with van der Waals surface area (Å²) in [5.41, 5.74) is 7.55. The molecule has 0 amide bonds. The van der Waals surface area contributed by atoms with Crippen molar-refractivity contribution in [1.82, 2.24) is 4.90 Å². The molecular weight excluding hydrogens is 284 g/mol. The van der Waals surface area contributed by atoms with Gasteiger partial charge in [-0.15, -0.1) is 11.3 Å². The number of thiophene rings is 1. The van der Waals surface area contributed by atoms with Gasteiger partial charge in [-0.05, 0) is 58.2 Å². The molecule has 2 unspecified atom stereocenters. The number of rotatable bonds is 3. The Kier molecular flexibility index (Phi) is 4.41. The Morgan fingerprint density at radius 2 is 2.38 bits per heavy atom. The van der Waals surface area contributed by atoms with Crippen molar-refractivity contribution in [2.24, 2.45) is 11.7 Å². The summed E-state index contributed by atoms with van der Waals surface area (Å²) in [5, 5.41) is 2.25. The summed E-state index contributed by atoms with van der Waals surface area (Å²) < 4.78 is 1.23. The van der Waals surface area contributed by atoms with Gasteiger partial charge in [-0.25, -0.2) is 0 Å². The lowest BCUT2D eigenvalue weighted by atomic mass is 9.90. The fourth-order valence-corrected chi connectivity index (χ4v) is 3.76. The average molecular weight is 303 g/mol. The van der Waals surface area contributed by atoms with Crippen LogP contribution in [0.15, 0.2) is 15.2 Å². The summed E-state index contributed by atoms with van der Waals surface area (Å²) in [4.78, 5) is 2.47. The molecule has 0 aromatic carbocycles. The Morgan fingerprint density at radius 1 is 1.56 bits per heavy atom. The topological polar surface area (TPSA) is 29.3 Å². The molecule has 1 aromatic rings. The van der Waals surface area contributed by atoms with Crippen LogP contribution in [0.5, 0.6) is 0 Å². The first-order chi connectivity index (χ1) is 7.67. The highest BCUT2D eigenvalue weighted by Crippen LogP contribution is 2.25. The molecule has 1 fully saturated rings. The molecule has 1 aliphatic heterocycles. The smallest absolute Gasteiger partial charge is 0.0701 e. The van der Waals surface area contributed by atoms with Gasteiger partial charge in [0.05, 0.1) is 3.79 Å². The monoisotopic (exact) mass is 302 g/mol. The van der Waals surface area contributed by atoms with Gasteiger partial charge in [0.2, 0.25) is 0 Å². The van der Waals surface area contributed by atoms with E-state index in [1.54, 1.807) is 11.3 Å². The van der Waals surface area contributed by atoms with Crippen LogP contribution in [0.1, 0.15) is 18.9 Å². The number of halogens is 1. The largest absolute Gasteiger partial charge is 0.327 e. The minimum Gasteiger partial charge on any atom is -0.327 e. The molecule has 1 aromatic heterocycles. The standard InChI is InChI=1S/C12H19BrN2S/c1-2-15-6-9(4-11(14)7-15)3-10-5-12(13)16-8-10/h5,8-9,11H,2-4,6-7,14H2,1H3. The zero-order valence-electron chi connectivity index (χ0n) is 9.66. The van der Waals surface area contributed by atoms with Gasteiger partial charge >= 0.3 is 0 Å². The maximum atomic E-state index is 6.10. The van der Waals surface area contributed by atoms with Crippen LogP contribution >= 0.6 is 27.3 Å². The number of nitrogens with zero attached hydrogens (tertiary/aromatic N) is 1. The molecular formula is C12H19BrN2S. The fourth-order valence-electron chi connectivity index (χ4n) is 2.54. The van der Waals surface area contributed by atoms with Crippen LogP contribution in [0.2, 0.25) is 0 Å². The Balaban J connectivity index is 1.93. The van der Waals surface area contributed by atoms with Crippen molar-refractivity contribution in [3.63, 3.8) is 0 Å². The van der Waals surface area contributed by atoms with Crippen LogP contribution in [0.25, 0.3) is 0 Å². The van der Waals surface area contributed by atoms with Crippen molar-refractivity contribution in [2.75, 3.05) is 19.6 Å². The van der Waals surface area contributed by atoms with Crippen molar-refractivity contribution in [2.45, 2.75) is 25.8 Å². The molecule has 4 heteroatoms. The van der Waals surface area contributed by atoms with Gasteiger partial charge in [-0.3, -0.25) is 0 Å². The average Bonchev–Trinajstić information content (AvgIpc) is 2.63. The molecule has 1 aliphatic rings. The van der Waals surface area contributed by atoms with Gasteiger partial charge in [0.1, 0.15) is 0 Å². The third kappa shape index (κ3) is 3.29. The van der Waals surface area contributed by atoms with E-state index >= 15 is 0 Å². The fraction of sp³-hybridized carbons (Fsp3) is 0.667. The number of likely N-dealkylation sites (N-methyl/N-ethyl adjacent to an activating group) is 1. The van der Waals surface area contributed by atoms with E-state index in [9.17, 15) is 0 Å². The Hall–Kier alpha value is 0.100. The van der Waals surface area contributed by atoms with E-state index in [4.69, 9.17) is 5.73 Å². The first-order valence-corrected chi connectivity index (χ1v) is 7.55. The minimum absolute atomic E-state index is 0.362. The number of hydrogen-bond donors (Lipinski definition) is 1. The predicted molar refractivity (Wildman–Crippen MR) is 73.9 cm³/mol. The zero-order valence-corrected chi connectivity index (χ0v) is 12.1. The molecule has 2 atom stereocenters. The quantitative estimate of drug-likeness (QED) is 0.930. The van der Waals surface area contributed by atoms with Crippen molar-refractivity contribution in [3.05, 3.63) is 20.8 Å². The van der Waals surface area contributed by atoms with Gasteiger partial charge in [0, 0.05) is 19.1 Å². The molecule has 0 aliphatic carbocycles. The van der Waals surface area contributed by atoms with Crippen LogP contribution in [-0.2, 0) is 6.42 Å². The second kappa shape index (κ2) is 5.63. The molecule has 90 valence electrons. The Morgan fingerprint density at radius 3 is 3.00 bits per heavy atom. The summed E-state index contributed by atoms with van der Waals surface area (Å²) in [6, 6.07) is 2.60. The highest BCUT2D eigenvalue weighted by molar-refractivity contribution is 9.11. The number of likely N-dealkylation sites (tertiary alicyclic amines) is 1. The first kappa shape index (κ1) is 12.6. The number of hydrogen-bond acceptors (Lipinski definition) is 3. The zero-order chi connectivity index (χ0) is 11.5. The van der Waals surface area contributed by atoms with E-state index in [1.807, 2.05) is 0 Å². The first-order valence-electron chi connectivity index (χ1n) is 5.88. The van der Waals surface area contributed by atoms with Gasteiger partial charge in [0.15, 0.2) is 0 Å². The lowest BCUT2D eigenvalue weighted by Gasteiger charge is -2.35.